The molecule has 1 fully saturated rings. The maximum atomic E-state index is 6.05. The van der Waals surface area contributed by atoms with E-state index in [0.717, 1.165) is 22.3 Å². The summed E-state index contributed by atoms with van der Waals surface area (Å²) >= 11 is 0. The van der Waals surface area contributed by atoms with E-state index in [2.05, 4.69) is 43.7 Å². The van der Waals surface area contributed by atoms with Crippen molar-refractivity contribution in [2.24, 2.45) is 0 Å². The Bertz CT molecular complexity index is 617. The summed E-state index contributed by atoms with van der Waals surface area (Å²) in [5.41, 5.74) is 2.39. The first-order valence-electron chi connectivity index (χ1n) is 6.60. The molecule has 0 aliphatic carbocycles. The van der Waals surface area contributed by atoms with Crippen molar-refractivity contribution in [3.8, 4) is 0 Å². The van der Waals surface area contributed by atoms with E-state index in [0.29, 0.717) is 0 Å². The Hall–Kier alpha value is -1.33. The SMILES string of the molecule is Cc1nc2ccc(B3OC(C)(C)C(C)(C)O3)cc2[nH]1. The minimum absolute atomic E-state index is 0.309. The van der Waals surface area contributed by atoms with E-state index in [1.165, 1.54) is 0 Å². The second-order valence-corrected chi connectivity index (χ2v) is 6.19. The Labute approximate surface area is 113 Å². The van der Waals surface area contributed by atoms with Gasteiger partial charge in [0.1, 0.15) is 5.82 Å². The third-order valence-corrected chi connectivity index (χ3v) is 4.15. The molecule has 100 valence electrons. The zero-order chi connectivity index (χ0) is 13.8. The number of nitrogens with zero attached hydrogens (tertiary/aromatic N) is 1. The van der Waals surface area contributed by atoms with E-state index in [4.69, 9.17) is 9.31 Å². The van der Waals surface area contributed by atoms with Gasteiger partial charge in [-0.05, 0) is 52.2 Å². The monoisotopic (exact) mass is 258 g/mol. The molecular weight excluding hydrogens is 239 g/mol. The van der Waals surface area contributed by atoms with Gasteiger partial charge in [0, 0.05) is 0 Å². The van der Waals surface area contributed by atoms with Gasteiger partial charge in [-0.25, -0.2) is 4.98 Å². The van der Waals surface area contributed by atoms with E-state index in [1.54, 1.807) is 0 Å². The van der Waals surface area contributed by atoms with E-state index in [9.17, 15) is 0 Å². The van der Waals surface area contributed by atoms with Crippen LogP contribution in [0.2, 0.25) is 0 Å². The first-order chi connectivity index (χ1) is 8.78. The molecule has 0 unspecified atom stereocenters. The van der Waals surface area contributed by atoms with Crippen molar-refractivity contribution in [2.45, 2.75) is 45.8 Å². The van der Waals surface area contributed by atoms with Gasteiger partial charge in [-0.1, -0.05) is 6.07 Å². The van der Waals surface area contributed by atoms with Gasteiger partial charge < -0.3 is 14.3 Å². The number of rotatable bonds is 1. The predicted octanol–water partition coefficient (Wildman–Crippen LogP) is 2.17. The molecule has 1 saturated heterocycles. The van der Waals surface area contributed by atoms with Gasteiger partial charge >= 0.3 is 7.12 Å². The normalized spacial score (nSPS) is 21.2. The molecule has 0 atom stereocenters. The zero-order valence-corrected chi connectivity index (χ0v) is 12.1. The Morgan fingerprint density at radius 1 is 1.11 bits per heavy atom. The van der Waals surface area contributed by atoms with Crippen molar-refractivity contribution in [3.05, 3.63) is 24.0 Å². The molecule has 1 aliphatic rings. The standard InChI is InChI=1S/C14H19BN2O2/c1-9-16-11-7-6-10(8-12(11)17-9)15-18-13(2,3)14(4,5)19-15/h6-8H,1-5H3,(H,16,17). The van der Waals surface area contributed by atoms with E-state index < -0.39 is 0 Å². The number of benzene rings is 1. The third-order valence-electron chi connectivity index (χ3n) is 4.15. The number of hydrogen-bond acceptors (Lipinski definition) is 3. The van der Waals surface area contributed by atoms with E-state index in [-0.39, 0.29) is 18.3 Å². The average molecular weight is 258 g/mol. The summed E-state index contributed by atoms with van der Waals surface area (Å²) in [6.45, 7) is 10.2. The van der Waals surface area contributed by atoms with Crippen LogP contribution in [0, 0.1) is 6.92 Å². The number of H-pyrrole nitrogens is 1. The Balaban J connectivity index is 1.97. The van der Waals surface area contributed by atoms with Crippen LogP contribution in [0.25, 0.3) is 11.0 Å². The molecular formula is C14H19BN2O2. The second-order valence-electron chi connectivity index (χ2n) is 6.19. The summed E-state index contributed by atoms with van der Waals surface area (Å²) < 4.78 is 12.1. The fraction of sp³-hybridized carbons (Fsp3) is 0.500. The maximum Gasteiger partial charge on any atom is 0.494 e. The zero-order valence-electron chi connectivity index (χ0n) is 12.1. The highest BCUT2D eigenvalue weighted by atomic mass is 16.7. The highest BCUT2D eigenvalue weighted by molar-refractivity contribution is 6.62. The number of nitrogens with one attached hydrogen (secondary N) is 1. The molecule has 2 aromatic rings. The molecule has 5 heteroatoms. The Morgan fingerprint density at radius 2 is 1.74 bits per heavy atom. The van der Waals surface area contributed by atoms with E-state index >= 15 is 0 Å². The summed E-state index contributed by atoms with van der Waals surface area (Å²) in [5.74, 6) is 0.918. The molecule has 0 spiro atoms. The van der Waals surface area contributed by atoms with Crippen LogP contribution in [0.15, 0.2) is 18.2 Å². The number of aromatic amines is 1. The molecule has 4 nitrogen and oxygen atoms in total. The largest absolute Gasteiger partial charge is 0.494 e. The molecule has 0 radical (unpaired) electrons. The van der Waals surface area contributed by atoms with Gasteiger partial charge in [-0.15, -0.1) is 0 Å². The topological polar surface area (TPSA) is 47.1 Å². The fourth-order valence-electron chi connectivity index (χ4n) is 2.28. The van der Waals surface area contributed by atoms with Crippen LogP contribution in [-0.2, 0) is 9.31 Å². The fourth-order valence-corrected chi connectivity index (χ4v) is 2.28. The van der Waals surface area contributed by atoms with Crippen molar-refractivity contribution in [2.75, 3.05) is 0 Å². The van der Waals surface area contributed by atoms with Gasteiger partial charge in [0.2, 0.25) is 0 Å². The van der Waals surface area contributed by atoms with Crippen LogP contribution < -0.4 is 5.46 Å². The highest BCUT2D eigenvalue weighted by Gasteiger charge is 2.51. The van der Waals surface area contributed by atoms with Gasteiger partial charge in [0.15, 0.2) is 0 Å². The van der Waals surface area contributed by atoms with Crippen LogP contribution in [-0.4, -0.2) is 28.3 Å². The maximum absolute atomic E-state index is 6.05. The van der Waals surface area contributed by atoms with Crippen LogP contribution >= 0.6 is 0 Å². The second kappa shape index (κ2) is 3.84. The molecule has 19 heavy (non-hydrogen) atoms. The summed E-state index contributed by atoms with van der Waals surface area (Å²) in [4.78, 5) is 7.64. The number of hydrogen-bond donors (Lipinski definition) is 1. The van der Waals surface area contributed by atoms with Gasteiger partial charge in [0.25, 0.3) is 0 Å². The van der Waals surface area contributed by atoms with Gasteiger partial charge in [0.05, 0.1) is 22.2 Å². The Morgan fingerprint density at radius 3 is 2.37 bits per heavy atom. The van der Waals surface area contributed by atoms with E-state index in [1.807, 2.05) is 19.1 Å². The summed E-state index contributed by atoms with van der Waals surface area (Å²) in [7, 11) is -0.321. The van der Waals surface area contributed by atoms with Crippen molar-refractivity contribution in [3.63, 3.8) is 0 Å². The first-order valence-corrected chi connectivity index (χ1v) is 6.60. The lowest BCUT2D eigenvalue weighted by molar-refractivity contribution is 0.00578. The lowest BCUT2D eigenvalue weighted by Gasteiger charge is -2.32. The summed E-state index contributed by atoms with van der Waals surface area (Å²) in [5, 5.41) is 0. The molecule has 0 amide bonds. The molecule has 1 N–H and O–H groups in total. The number of aryl methyl sites for hydroxylation is 1. The van der Waals surface area contributed by atoms with Crippen LogP contribution in [0.4, 0.5) is 0 Å². The smallest absolute Gasteiger partial charge is 0.399 e. The number of aromatic nitrogens is 2. The molecule has 0 saturated carbocycles. The van der Waals surface area contributed by atoms with Crippen LogP contribution in [0.3, 0.4) is 0 Å². The molecule has 1 aromatic heterocycles. The van der Waals surface area contributed by atoms with Crippen LogP contribution in [0.5, 0.6) is 0 Å². The highest BCUT2D eigenvalue weighted by Crippen LogP contribution is 2.36. The average Bonchev–Trinajstić information content (AvgIpc) is 2.74. The molecule has 1 aliphatic heterocycles. The predicted molar refractivity (Wildman–Crippen MR) is 76.5 cm³/mol. The summed E-state index contributed by atoms with van der Waals surface area (Å²) in [6.07, 6.45) is 0. The quantitative estimate of drug-likeness (QED) is 0.797. The van der Waals surface area contributed by atoms with Crippen molar-refractivity contribution in [1.82, 2.24) is 9.97 Å². The number of fused-ring (bicyclic) bond motifs is 1. The first kappa shape index (κ1) is 12.7. The van der Waals surface area contributed by atoms with Crippen molar-refractivity contribution in [1.29, 1.82) is 0 Å². The van der Waals surface area contributed by atoms with Gasteiger partial charge in [-0.3, -0.25) is 0 Å². The van der Waals surface area contributed by atoms with Crippen molar-refractivity contribution >= 4 is 23.6 Å². The number of imidazole rings is 1. The lowest BCUT2D eigenvalue weighted by Crippen LogP contribution is -2.41. The Kier molecular flexibility index (Phi) is 2.56. The third kappa shape index (κ3) is 1.97. The molecule has 2 heterocycles. The molecule has 3 rings (SSSR count). The molecule has 0 bridgehead atoms. The minimum atomic E-state index is -0.321. The summed E-state index contributed by atoms with van der Waals surface area (Å²) in [6, 6.07) is 6.07. The van der Waals surface area contributed by atoms with Gasteiger partial charge in [-0.2, -0.15) is 0 Å². The minimum Gasteiger partial charge on any atom is -0.399 e. The van der Waals surface area contributed by atoms with Crippen LogP contribution in [0.1, 0.15) is 33.5 Å². The molecule has 1 aromatic carbocycles. The van der Waals surface area contributed by atoms with Crippen molar-refractivity contribution < 1.29 is 9.31 Å². The lowest BCUT2D eigenvalue weighted by atomic mass is 9.79.